The molecule has 2 aromatic rings. The summed E-state index contributed by atoms with van der Waals surface area (Å²) in [7, 11) is 1.73. The monoisotopic (exact) mass is 394 g/mol. The molecule has 104 valence electrons. The molecule has 3 heteroatoms. The van der Waals surface area contributed by atoms with E-state index in [9.17, 15) is 0 Å². The Balaban J connectivity index is 1.88. The Kier molecular flexibility index (Phi) is 4.18. The second kappa shape index (κ2) is 5.90. The third-order valence-electron chi connectivity index (χ3n) is 3.99. The van der Waals surface area contributed by atoms with Crippen molar-refractivity contribution in [3.8, 4) is 5.75 Å². The standard InChI is InChI=1S/C17H16Br2O/c1-20-16-7-6-14(18)10-15(16)17(19)13-8-11-4-2-3-5-12(11)9-13/h2-7,10,13,17H,8-9H2,1H3. The summed E-state index contributed by atoms with van der Waals surface area (Å²) in [6.07, 6.45) is 2.25. The molecular formula is C17H16Br2O. The van der Waals surface area contributed by atoms with Crippen LogP contribution in [0.1, 0.15) is 21.5 Å². The van der Waals surface area contributed by atoms with E-state index >= 15 is 0 Å². The minimum atomic E-state index is 0.308. The third kappa shape index (κ3) is 2.66. The first-order valence-electron chi connectivity index (χ1n) is 6.73. The van der Waals surface area contributed by atoms with Gasteiger partial charge in [-0.1, -0.05) is 56.1 Å². The van der Waals surface area contributed by atoms with Gasteiger partial charge in [0.25, 0.3) is 0 Å². The maximum Gasteiger partial charge on any atom is 0.123 e. The van der Waals surface area contributed by atoms with Gasteiger partial charge in [-0.2, -0.15) is 0 Å². The number of methoxy groups -OCH3 is 1. The van der Waals surface area contributed by atoms with Crippen LogP contribution in [0.3, 0.4) is 0 Å². The Morgan fingerprint density at radius 3 is 2.35 bits per heavy atom. The molecule has 2 aromatic carbocycles. The van der Waals surface area contributed by atoms with Crippen LogP contribution in [-0.4, -0.2) is 7.11 Å². The molecule has 0 aliphatic heterocycles. The summed E-state index contributed by atoms with van der Waals surface area (Å²) < 4.78 is 6.60. The molecule has 1 nitrogen and oxygen atoms in total. The normalized spacial score (nSPS) is 15.9. The molecule has 0 saturated carbocycles. The second-order valence-corrected chi connectivity index (χ2v) is 7.13. The molecule has 1 unspecified atom stereocenters. The van der Waals surface area contributed by atoms with Gasteiger partial charge in [-0.3, -0.25) is 0 Å². The molecule has 1 atom stereocenters. The number of hydrogen-bond donors (Lipinski definition) is 0. The number of rotatable bonds is 3. The zero-order valence-corrected chi connectivity index (χ0v) is 14.4. The van der Waals surface area contributed by atoms with Crippen LogP contribution in [0.15, 0.2) is 46.9 Å². The first-order chi connectivity index (χ1) is 9.69. The number of hydrogen-bond acceptors (Lipinski definition) is 1. The largest absolute Gasteiger partial charge is 0.496 e. The molecule has 0 aromatic heterocycles. The fourth-order valence-corrected chi connectivity index (χ4v) is 4.08. The lowest BCUT2D eigenvalue weighted by molar-refractivity contribution is 0.404. The zero-order chi connectivity index (χ0) is 14.1. The highest BCUT2D eigenvalue weighted by atomic mass is 79.9. The van der Waals surface area contributed by atoms with Gasteiger partial charge in [-0.15, -0.1) is 0 Å². The van der Waals surface area contributed by atoms with Gasteiger partial charge >= 0.3 is 0 Å². The second-order valence-electron chi connectivity index (χ2n) is 5.23. The number of halogens is 2. The maximum atomic E-state index is 5.51. The number of fused-ring (bicyclic) bond motifs is 1. The minimum absolute atomic E-state index is 0.308. The predicted molar refractivity (Wildman–Crippen MR) is 89.7 cm³/mol. The summed E-state index contributed by atoms with van der Waals surface area (Å²) in [5.41, 5.74) is 4.19. The molecule has 20 heavy (non-hydrogen) atoms. The van der Waals surface area contributed by atoms with E-state index in [2.05, 4.69) is 62.2 Å². The van der Waals surface area contributed by atoms with Crippen molar-refractivity contribution in [3.05, 3.63) is 63.6 Å². The highest BCUT2D eigenvalue weighted by molar-refractivity contribution is 9.10. The van der Waals surface area contributed by atoms with E-state index in [1.807, 2.05) is 12.1 Å². The van der Waals surface area contributed by atoms with Crippen LogP contribution in [0.5, 0.6) is 5.75 Å². The molecule has 1 aliphatic carbocycles. The number of ether oxygens (including phenoxy) is 1. The van der Waals surface area contributed by atoms with Gasteiger partial charge in [0.05, 0.1) is 7.11 Å². The molecule has 0 saturated heterocycles. The number of benzene rings is 2. The van der Waals surface area contributed by atoms with Crippen LogP contribution < -0.4 is 4.74 Å². The Morgan fingerprint density at radius 1 is 1.10 bits per heavy atom. The predicted octanol–water partition coefficient (Wildman–Crippen LogP) is 5.31. The molecular weight excluding hydrogens is 380 g/mol. The smallest absolute Gasteiger partial charge is 0.123 e. The van der Waals surface area contributed by atoms with Crippen molar-refractivity contribution in [2.24, 2.45) is 5.92 Å². The van der Waals surface area contributed by atoms with E-state index < -0.39 is 0 Å². The van der Waals surface area contributed by atoms with E-state index in [0.717, 1.165) is 23.1 Å². The quantitative estimate of drug-likeness (QED) is 0.640. The van der Waals surface area contributed by atoms with E-state index in [4.69, 9.17) is 4.74 Å². The maximum absolute atomic E-state index is 5.51. The first kappa shape index (κ1) is 14.2. The molecule has 3 rings (SSSR count). The molecule has 0 radical (unpaired) electrons. The van der Waals surface area contributed by atoms with Crippen molar-refractivity contribution in [1.82, 2.24) is 0 Å². The molecule has 0 amide bonds. The highest BCUT2D eigenvalue weighted by Crippen LogP contribution is 2.43. The Labute approximate surface area is 136 Å². The third-order valence-corrected chi connectivity index (χ3v) is 5.72. The summed E-state index contributed by atoms with van der Waals surface area (Å²) in [6.45, 7) is 0. The van der Waals surface area contributed by atoms with E-state index in [1.54, 1.807) is 7.11 Å². The summed E-state index contributed by atoms with van der Waals surface area (Å²) >= 11 is 7.45. The Bertz CT molecular complexity index is 599. The van der Waals surface area contributed by atoms with Gasteiger partial charge in [0.15, 0.2) is 0 Å². The van der Waals surface area contributed by atoms with Crippen molar-refractivity contribution < 1.29 is 4.74 Å². The lowest BCUT2D eigenvalue weighted by Gasteiger charge is -2.20. The van der Waals surface area contributed by atoms with Crippen LogP contribution in [0.2, 0.25) is 0 Å². The van der Waals surface area contributed by atoms with Crippen molar-refractivity contribution in [1.29, 1.82) is 0 Å². The fourth-order valence-electron chi connectivity index (χ4n) is 2.97. The average Bonchev–Trinajstić information content (AvgIpc) is 2.90. The number of alkyl halides is 1. The Morgan fingerprint density at radius 2 is 1.75 bits per heavy atom. The summed E-state index contributed by atoms with van der Waals surface area (Å²) in [4.78, 5) is 0.308. The fraction of sp³-hybridized carbons (Fsp3) is 0.294. The summed E-state index contributed by atoms with van der Waals surface area (Å²) in [6, 6.07) is 14.9. The van der Waals surface area contributed by atoms with E-state index in [1.165, 1.54) is 16.7 Å². The Hall–Kier alpha value is -0.800. The SMILES string of the molecule is COc1ccc(Br)cc1C(Br)C1Cc2ccccc2C1. The van der Waals surface area contributed by atoms with Crippen molar-refractivity contribution >= 4 is 31.9 Å². The van der Waals surface area contributed by atoms with E-state index in [0.29, 0.717) is 10.7 Å². The minimum Gasteiger partial charge on any atom is -0.496 e. The van der Waals surface area contributed by atoms with Crippen LogP contribution in [0.4, 0.5) is 0 Å². The molecule has 0 bridgehead atoms. The highest BCUT2D eigenvalue weighted by Gasteiger charge is 2.29. The first-order valence-corrected chi connectivity index (χ1v) is 8.44. The van der Waals surface area contributed by atoms with Gasteiger partial charge in [-0.05, 0) is 48.1 Å². The van der Waals surface area contributed by atoms with Crippen LogP contribution in [-0.2, 0) is 12.8 Å². The van der Waals surface area contributed by atoms with Crippen LogP contribution in [0.25, 0.3) is 0 Å². The lowest BCUT2D eigenvalue weighted by atomic mass is 9.96. The summed E-state index contributed by atoms with van der Waals surface area (Å²) in [5.74, 6) is 1.53. The topological polar surface area (TPSA) is 9.23 Å². The van der Waals surface area contributed by atoms with Gasteiger partial charge < -0.3 is 4.74 Å². The average molecular weight is 396 g/mol. The van der Waals surface area contributed by atoms with Gasteiger partial charge in [0.1, 0.15) is 5.75 Å². The van der Waals surface area contributed by atoms with Gasteiger partial charge in [0, 0.05) is 14.9 Å². The van der Waals surface area contributed by atoms with Crippen molar-refractivity contribution in [2.75, 3.05) is 7.11 Å². The van der Waals surface area contributed by atoms with Crippen molar-refractivity contribution in [3.63, 3.8) is 0 Å². The molecule has 1 aliphatic rings. The molecule has 0 N–H and O–H groups in total. The summed E-state index contributed by atoms with van der Waals surface area (Å²) in [5, 5.41) is 0. The molecule has 0 fully saturated rings. The van der Waals surface area contributed by atoms with Crippen LogP contribution >= 0.6 is 31.9 Å². The van der Waals surface area contributed by atoms with E-state index in [-0.39, 0.29) is 0 Å². The van der Waals surface area contributed by atoms with Gasteiger partial charge in [-0.25, -0.2) is 0 Å². The van der Waals surface area contributed by atoms with Crippen molar-refractivity contribution in [2.45, 2.75) is 17.7 Å². The van der Waals surface area contributed by atoms with Crippen LogP contribution in [0, 0.1) is 5.92 Å². The van der Waals surface area contributed by atoms with Gasteiger partial charge in [0.2, 0.25) is 0 Å². The zero-order valence-electron chi connectivity index (χ0n) is 11.3. The lowest BCUT2D eigenvalue weighted by Crippen LogP contribution is -2.09. The molecule has 0 spiro atoms. The molecule has 0 heterocycles.